The van der Waals surface area contributed by atoms with E-state index in [0.29, 0.717) is 18.0 Å². The third kappa shape index (κ3) is 5.12. The van der Waals surface area contributed by atoms with Gasteiger partial charge in [0.25, 0.3) is 0 Å². The summed E-state index contributed by atoms with van der Waals surface area (Å²) in [6, 6.07) is 6.51. The van der Waals surface area contributed by atoms with Gasteiger partial charge in [0.15, 0.2) is 0 Å². The van der Waals surface area contributed by atoms with E-state index in [9.17, 15) is 0 Å². The monoisotopic (exact) mass is 397 g/mol. The molecule has 0 bridgehead atoms. The lowest BCUT2D eigenvalue weighted by Crippen LogP contribution is -2.43. The third-order valence-corrected chi connectivity index (χ3v) is 5.70. The average Bonchev–Trinajstić information content (AvgIpc) is 2.75. The first-order valence-corrected chi connectivity index (χ1v) is 10.7. The Balaban J connectivity index is 1.34. The smallest absolute Gasteiger partial charge is 0.227 e. The number of hydrogen-bond acceptors (Lipinski definition) is 8. The number of nitrogens with one attached hydrogen (secondary N) is 2. The van der Waals surface area contributed by atoms with Crippen molar-refractivity contribution in [2.24, 2.45) is 5.92 Å². The van der Waals surface area contributed by atoms with Crippen LogP contribution in [0, 0.1) is 5.92 Å². The largest absolute Gasteiger partial charge is 0.376 e. The Labute approximate surface area is 172 Å². The number of hydrogen-bond donors (Lipinski definition) is 2. The predicted molar refractivity (Wildman–Crippen MR) is 114 cm³/mol. The van der Waals surface area contributed by atoms with Crippen LogP contribution in [0.25, 0.3) is 0 Å². The molecule has 29 heavy (non-hydrogen) atoms. The van der Waals surface area contributed by atoms with Crippen LogP contribution in [0.2, 0.25) is 0 Å². The van der Waals surface area contributed by atoms with E-state index in [4.69, 9.17) is 9.72 Å². The average molecular weight is 398 g/mol. The first-order chi connectivity index (χ1) is 14.2. The lowest BCUT2D eigenvalue weighted by molar-refractivity contribution is -0.0203. The normalized spacial score (nSPS) is 23.2. The molecule has 2 atom stereocenters. The van der Waals surface area contributed by atoms with Crippen molar-refractivity contribution >= 4 is 17.6 Å². The van der Waals surface area contributed by atoms with Crippen molar-refractivity contribution in [2.75, 3.05) is 35.2 Å². The molecule has 2 N–H and O–H groups in total. The van der Waals surface area contributed by atoms with Crippen LogP contribution in [0.1, 0.15) is 39.5 Å². The second-order valence-electron chi connectivity index (χ2n) is 8.23. The Bertz CT molecular complexity index is 765. The van der Waals surface area contributed by atoms with E-state index in [-0.39, 0.29) is 6.10 Å². The molecule has 0 spiro atoms. The summed E-state index contributed by atoms with van der Waals surface area (Å²) < 4.78 is 6.00. The number of nitrogens with zero attached hydrogens (tertiary/aromatic N) is 5. The van der Waals surface area contributed by atoms with Crippen molar-refractivity contribution < 1.29 is 4.74 Å². The molecule has 0 radical (unpaired) electrons. The molecule has 4 heterocycles. The Hall–Kier alpha value is -2.48. The van der Waals surface area contributed by atoms with Crippen LogP contribution in [0.5, 0.6) is 0 Å². The van der Waals surface area contributed by atoms with Crippen molar-refractivity contribution in [1.82, 2.24) is 20.2 Å². The summed E-state index contributed by atoms with van der Waals surface area (Å²) in [4.78, 5) is 11.6. The van der Waals surface area contributed by atoms with Crippen LogP contribution < -0.4 is 15.5 Å². The highest BCUT2D eigenvalue weighted by atomic mass is 16.5. The van der Waals surface area contributed by atoms with Gasteiger partial charge >= 0.3 is 0 Å². The predicted octanol–water partition coefficient (Wildman–Crippen LogP) is 2.96. The van der Waals surface area contributed by atoms with Crippen LogP contribution in [-0.4, -0.2) is 58.0 Å². The molecule has 4 rings (SSSR count). The Morgan fingerprint density at radius 2 is 1.93 bits per heavy atom. The van der Waals surface area contributed by atoms with Crippen molar-refractivity contribution in [3.8, 4) is 0 Å². The molecule has 2 aliphatic heterocycles. The van der Waals surface area contributed by atoms with Crippen LogP contribution >= 0.6 is 0 Å². The van der Waals surface area contributed by atoms with Gasteiger partial charge < -0.3 is 20.3 Å². The van der Waals surface area contributed by atoms with Crippen molar-refractivity contribution in [2.45, 2.75) is 57.7 Å². The molecule has 156 valence electrons. The van der Waals surface area contributed by atoms with Gasteiger partial charge in [-0.15, -0.1) is 5.10 Å². The minimum absolute atomic E-state index is 0.227. The molecule has 2 aromatic rings. The topological polar surface area (TPSA) is 88.1 Å². The van der Waals surface area contributed by atoms with Gasteiger partial charge in [-0.05, 0) is 49.8 Å². The van der Waals surface area contributed by atoms with Crippen LogP contribution in [-0.2, 0) is 4.74 Å². The second-order valence-corrected chi connectivity index (χ2v) is 8.23. The molecule has 2 saturated heterocycles. The van der Waals surface area contributed by atoms with E-state index < -0.39 is 0 Å². The van der Waals surface area contributed by atoms with E-state index in [1.807, 2.05) is 24.4 Å². The minimum Gasteiger partial charge on any atom is -0.376 e. The standard InChI is InChI=1S/C21H31N7O/c1-15(2)20-17(5-4-14-29-20)25-18-7-11-22-21(26-18)28-12-8-16(9-13-28)24-19-6-3-10-23-27-19/h3,6-7,10-11,15-17,20H,4-5,8-9,12-14H2,1-2H3,(H,24,27)(H,22,25,26)/t17-,20-/m1/s1. The summed E-state index contributed by atoms with van der Waals surface area (Å²) in [5.41, 5.74) is 0. The van der Waals surface area contributed by atoms with Gasteiger partial charge in [-0.3, -0.25) is 0 Å². The second kappa shape index (κ2) is 9.35. The zero-order chi connectivity index (χ0) is 20.1. The van der Waals surface area contributed by atoms with Crippen molar-refractivity contribution in [3.63, 3.8) is 0 Å². The van der Waals surface area contributed by atoms with Crippen molar-refractivity contribution in [3.05, 3.63) is 30.6 Å². The fourth-order valence-corrected chi connectivity index (χ4v) is 4.20. The van der Waals surface area contributed by atoms with Crippen molar-refractivity contribution in [1.29, 1.82) is 0 Å². The molecule has 0 unspecified atom stereocenters. The highest BCUT2D eigenvalue weighted by Gasteiger charge is 2.29. The number of anilines is 3. The first-order valence-electron chi connectivity index (χ1n) is 10.7. The molecule has 0 aromatic carbocycles. The van der Waals surface area contributed by atoms with Crippen LogP contribution in [0.3, 0.4) is 0 Å². The van der Waals surface area contributed by atoms with E-state index in [1.165, 1.54) is 0 Å². The van der Waals surface area contributed by atoms with E-state index in [1.54, 1.807) is 6.20 Å². The molecule has 8 nitrogen and oxygen atoms in total. The minimum atomic E-state index is 0.227. The van der Waals surface area contributed by atoms with Gasteiger partial charge in [0.05, 0.1) is 12.1 Å². The molecule has 0 amide bonds. The maximum atomic E-state index is 6.00. The van der Waals surface area contributed by atoms with E-state index in [0.717, 1.165) is 63.0 Å². The lowest BCUT2D eigenvalue weighted by Gasteiger charge is -2.35. The Morgan fingerprint density at radius 3 is 2.69 bits per heavy atom. The Morgan fingerprint density at radius 1 is 1.07 bits per heavy atom. The molecular formula is C21H31N7O. The summed E-state index contributed by atoms with van der Waals surface area (Å²) in [7, 11) is 0. The molecule has 8 heteroatoms. The van der Waals surface area contributed by atoms with Gasteiger partial charge in [-0.2, -0.15) is 10.1 Å². The zero-order valence-electron chi connectivity index (χ0n) is 17.3. The number of aromatic nitrogens is 4. The molecule has 2 aliphatic rings. The van der Waals surface area contributed by atoms with Gasteiger partial charge in [-0.25, -0.2) is 4.98 Å². The van der Waals surface area contributed by atoms with E-state index >= 15 is 0 Å². The molecule has 2 aromatic heterocycles. The fourth-order valence-electron chi connectivity index (χ4n) is 4.20. The quantitative estimate of drug-likeness (QED) is 0.769. The van der Waals surface area contributed by atoms with Gasteiger partial charge in [0.1, 0.15) is 11.6 Å². The van der Waals surface area contributed by atoms with Gasteiger partial charge in [-0.1, -0.05) is 13.8 Å². The van der Waals surface area contributed by atoms with Crippen LogP contribution in [0.15, 0.2) is 30.6 Å². The SMILES string of the molecule is CC(C)[C@H]1OCCC[C@H]1Nc1ccnc(N2CCC(Nc3cccnn3)CC2)n1. The summed E-state index contributed by atoms with van der Waals surface area (Å²) in [5.74, 6) is 3.00. The number of rotatable bonds is 6. The summed E-state index contributed by atoms with van der Waals surface area (Å²) in [5, 5.41) is 15.1. The van der Waals surface area contributed by atoms with E-state index in [2.05, 4.69) is 44.6 Å². The summed E-state index contributed by atoms with van der Waals surface area (Å²) in [6.45, 7) is 7.13. The summed E-state index contributed by atoms with van der Waals surface area (Å²) >= 11 is 0. The van der Waals surface area contributed by atoms with Gasteiger partial charge in [0, 0.05) is 38.1 Å². The maximum Gasteiger partial charge on any atom is 0.227 e. The highest BCUT2D eigenvalue weighted by molar-refractivity contribution is 5.43. The molecule has 0 saturated carbocycles. The third-order valence-electron chi connectivity index (χ3n) is 5.70. The highest BCUT2D eigenvalue weighted by Crippen LogP contribution is 2.25. The summed E-state index contributed by atoms with van der Waals surface area (Å²) in [6.07, 6.45) is 8.00. The molecule has 2 fully saturated rings. The first kappa shape index (κ1) is 19.8. The zero-order valence-corrected chi connectivity index (χ0v) is 17.3. The van der Waals surface area contributed by atoms with Crippen LogP contribution in [0.4, 0.5) is 17.6 Å². The number of piperidine rings is 1. The molecule has 0 aliphatic carbocycles. The van der Waals surface area contributed by atoms with Gasteiger partial charge in [0.2, 0.25) is 5.95 Å². The number of ether oxygens (including phenoxy) is 1. The molecular weight excluding hydrogens is 366 g/mol. The fraction of sp³-hybridized carbons (Fsp3) is 0.619. The maximum absolute atomic E-state index is 6.00. The Kier molecular flexibility index (Phi) is 6.39. The lowest BCUT2D eigenvalue weighted by atomic mass is 9.94.